The number of benzene rings is 1. The molecule has 0 radical (unpaired) electrons. The summed E-state index contributed by atoms with van der Waals surface area (Å²) in [7, 11) is 0. The lowest BCUT2D eigenvalue weighted by molar-refractivity contribution is 0.0951. The van der Waals surface area contributed by atoms with E-state index >= 15 is 0 Å². The molecule has 2 aromatic rings. The van der Waals surface area contributed by atoms with Crippen molar-refractivity contribution in [3.8, 4) is 0 Å². The van der Waals surface area contributed by atoms with Crippen LogP contribution in [0.4, 0.5) is 5.69 Å². The molecule has 88 valence electrons. The first-order valence-electron chi connectivity index (χ1n) is 5.02. The van der Waals surface area contributed by atoms with Gasteiger partial charge >= 0.3 is 0 Å². The Hall–Kier alpha value is -1.33. The van der Waals surface area contributed by atoms with Crippen LogP contribution in [0.3, 0.4) is 0 Å². The molecule has 0 saturated heterocycles. The molecule has 5 heteroatoms. The van der Waals surface area contributed by atoms with Crippen molar-refractivity contribution in [3.63, 3.8) is 0 Å². The molecule has 0 unspecified atom stereocenters. The molecule has 0 saturated carbocycles. The lowest BCUT2D eigenvalue weighted by Gasteiger charge is -2.05. The largest absolute Gasteiger partial charge is 0.398 e. The van der Waals surface area contributed by atoms with Gasteiger partial charge in [-0.1, -0.05) is 6.07 Å². The van der Waals surface area contributed by atoms with E-state index in [9.17, 15) is 4.79 Å². The van der Waals surface area contributed by atoms with Crippen LogP contribution in [0.1, 0.15) is 15.2 Å². The van der Waals surface area contributed by atoms with Crippen LogP contribution in [0.5, 0.6) is 0 Å². The second kappa shape index (κ2) is 5.33. The quantitative estimate of drug-likeness (QED) is 0.856. The van der Waals surface area contributed by atoms with Crippen molar-refractivity contribution in [1.82, 2.24) is 5.32 Å². The summed E-state index contributed by atoms with van der Waals surface area (Å²) in [6.07, 6.45) is 0. The van der Waals surface area contributed by atoms with E-state index in [1.54, 1.807) is 29.5 Å². The number of rotatable bonds is 3. The molecule has 0 aliphatic carbocycles. The summed E-state index contributed by atoms with van der Waals surface area (Å²) in [5.41, 5.74) is 6.86. The number of nitrogen functional groups attached to an aromatic ring is 1. The van der Waals surface area contributed by atoms with Crippen LogP contribution in [-0.2, 0) is 6.54 Å². The summed E-state index contributed by atoms with van der Waals surface area (Å²) >= 11 is 4.91. The Morgan fingerprint density at radius 2 is 2.24 bits per heavy atom. The molecular formula is C12H11BrN2OS. The van der Waals surface area contributed by atoms with Crippen LogP contribution in [0.2, 0.25) is 0 Å². The number of carbonyl (C=O) groups excluding carboxylic acids is 1. The van der Waals surface area contributed by atoms with Crippen molar-refractivity contribution in [2.45, 2.75) is 6.54 Å². The molecule has 0 fully saturated rings. The Labute approximate surface area is 112 Å². The molecule has 3 nitrogen and oxygen atoms in total. The molecule has 1 aromatic carbocycles. The molecule has 3 N–H and O–H groups in total. The van der Waals surface area contributed by atoms with E-state index in [1.807, 2.05) is 17.5 Å². The minimum Gasteiger partial charge on any atom is -0.398 e. The van der Waals surface area contributed by atoms with Gasteiger partial charge in [-0.15, -0.1) is 11.3 Å². The number of halogens is 1. The third-order valence-corrected chi connectivity index (χ3v) is 3.86. The van der Waals surface area contributed by atoms with Crippen molar-refractivity contribution < 1.29 is 4.79 Å². The fourth-order valence-corrected chi connectivity index (χ4v) is 2.26. The van der Waals surface area contributed by atoms with Gasteiger partial charge in [0.2, 0.25) is 0 Å². The maximum Gasteiger partial charge on any atom is 0.251 e. The first kappa shape index (κ1) is 12.1. The van der Waals surface area contributed by atoms with Crippen LogP contribution in [0.25, 0.3) is 0 Å². The van der Waals surface area contributed by atoms with Gasteiger partial charge in [-0.3, -0.25) is 4.79 Å². The van der Waals surface area contributed by atoms with Gasteiger partial charge in [-0.05, 0) is 45.6 Å². The Kier molecular flexibility index (Phi) is 3.81. The van der Waals surface area contributed by atoms with Crippen LogP contribution in [0.15, 0.2) is 40.2 Å². The number of thiophene rings is 1. The first-order chi connectivity index (χ1) is 8.16. The topological polar surface area (TPSA) is 55.1 Å². The van der Waals surface area contributed by atoms with Gasteiger partial charge in [0, 0.05) is 20.6 Å². The van der Waals surface area contributed by atoms with E-state index in [0.717, 1.165) is 9.35 Å². The Bertz CT molecular complexity index is 525. The van der Waals surface area contributed by atoms with Crippen molar-refractivity contribution >= 4 is 38.9 Å². The van der Waals surface area contributed by atoms with E-state index in [0.29, 0.717) is 17.8 Å². The van der Waals surface area contributed by atoms with Crippen molar-refractivity contribution in [1.29, 1.82) is 0 Å². The lowest BCUT2D eigenvalue weighted by atomic mass is 10.2. The monoisotopic (exact) mass is 310 g/mol. The zero-order chi connectivity index (χ0) is 12.3. The molecule has 1 amide bonds. The van der Waals surface area contributed by atoms with Gasteiger partial charge in [0.05, 0.1) is 6.54 Å². The molecule has 0 atom stereocenters. The molecular weight excluding hydrogens is 300 g/mol. The maximum absolute atomic E-state index is 11.8. The van der Waals surface area contributed by atoms with E-state index in [-0.39, 0.29) is 5.91 Å². The molecule has 0 aliphatic rings. The average molecular weight is 311 g/mol. The van der Waals surface area contributed by atoms with Gasteiger partial charge in [-0.25, -0.2) is 0 Å². The third-order valence-electron chi connectivity index (χ3n) is 2.26. The summed E-state index contributed by atoms with van der Waals surface area (Å²) in [6.45, 7) is 0.548. The van der Waals surface area contributed by atoms with Gasteiger partial charge in [0.1, 0.15) is 0 Å². The van der Waals surface area contributed by atoms with Crippen molar-refractivity contribution in [2.75, 3.05) is 5.73 Å². The molecule has 1 aromatic heterocycles. The maximum atomic E-state index is 11.8. The average Bonchev–Trinajstić information content (AvgIpc) is 2.82. The minimum atomic E-state index is -0.113. The highest BCUT2D eigenvalue weighted by molar-refractivity contribution is 9.10. The van der Waals surface area contributed by atoms with E-state index in [1.165, 1.54) is 0 Å². The molecule has 1 heterocycles. The Balaban J connectivity index is 2.02. The first-order valence-corrected chi connectivity index (χ1v) is 6.69. The van der Waals surface area contributed by atoms with Crippen LogP contribution in [-0.4, -0.2) is 5.91 Å². The second-order valence-electron chi connectivity index (χ2n) is 3.50. The molecule has 2 rings (SSSR count). The van der Waals surface area contributed by atoms with Crippen LogP contribution >= 0.6 is 27.3 Å². The van der Waals surface area contributed by atoms with Gasteiger partial charge in [0.25, 0.3) is 5.91 Å². The number of anilines is 1. The molecule has 0 aliphatic heterocycles. The van der Waals surface area contributed by atoms with Crippen molar-refractivity contribution in [3.05, 3.63) is 50.6 Å². The minimum absolute atomic E-state index is 0.113. The number of carbonyl (C=O) groups is 1. The fraction of sp³-hybridized carbons (Fsp3) is 0.0833. The number of nitrogens with one attached hydrogen (secondary N) is 1. The molecule has 0 spiro atoms. The van der Waals surface area contributed by atoms with Crippen LogP contribution in [0, 0.1) is 0 Å². The molecule has 0 bridgehead atoms. The van der Waals surface area contributed by atoms with Gasteiger partial charge in [0.15, 0.2) is 0 Å². The SMILES string of the molecule is Nc1cc(C(=O)NCc2cccs2)ccc1Br. The number of hydrogen-bond donors (Lipinski definition) is 2. The predicted molar refractivity (Wildman–Crippen MR) is 74.0 cm³/mol. The summed E-state index contributed by atoms with van der Waals surface area (Å²) in [5, 5.41) is 4.83. The fourth-order valence-electron chi connectivity index (χ4n) is 1.37. The van der Waals surface area contributed by atoms with Crippen LogP contribution < -0.4 is 11.1 Å². The summed E-state index contributed by atoms with van der Waals surface area (Å²) in [5.74, 6) is -0.113. The number of amides is 1. The van der Waals surface area contributed by atoms with E-state index in [2.05, 4.69) is 21.2 Å². The lowest BCUT2D eigenvalue weighted by Crippen LogP contribution is -2.22. The van der Waals surface area contributed by atoms with Crippen molar-refractivity contribution in [2.24, 2.45) is 0 Å². The molecule has 17 heavy (non-hydrogen) atoms. The van der Waals surface area contributed by atoms with Gasteiger partial charge in [-0.2, -0.15) is 0 Å². The number of nitrogens with two attached hydrogens (primary N) is 1. The van der Waals surface area contributed by atoms with E-state index in [4.69, 9.17) is 5.73 Å². The van der Waals surface area contributed by atoms with Gasteiger partial charge < -0.3 is 11.1 Å². The summed E-state index contributed by atoms with van der Waals surface area (Å²) in [6, 6.07) is 9.12. The van der Waals surface area contributed by atoms with E-state index < -0.39 is 0 Å². The normalized spacial score (nSPS) is 10.2. The summed E-state index contributed by atoms with van der Waals surface area (Å²) in [4.78, 5) is 13.0. The highest BCUT2D eigenvalue weighted by atomic mass is 79.9. The Morgan fingerprint density at radius 1 is 1.41 bits per heavy atom. The smallest absolute Gasteiger partial charge is 0.251 e. The highest BCUT2D eigenvalue weighted by Gasteiger charge is 2.07. The second-order valence-corrected chi connectivity index (χ2v) is 5.38. The predicted octanol–water partition coefficient (Wildman–Crippen LogP) is 3.02. The zero-order valence-electron chi connectivity index (χ0n) is 8.94. The standard InChI is InChI=1S/C12H11BrN2OS/c13-10-4-3-8(6-11(10)14)12(16)15-7-9-2-1-5-17-9/h1-6H,7,14H2,(H,15,16). The summed E-state index contributed by atoms with van der Waals surface area (Å²) < 4.78 is 0.798. The third kappa shape index (κ3) is 3.08. The number of hydrogen-bond acceptors (Lipinski definition) is 3. The Morgan fingerprint density at radius 3 is 2.88 bits per heavy atom. The highest BCUT2D eigenvalue weighted by Crippen LogP contribution is 2.20. The zero-order valence-corrected chi connectivity index (χ0v) is 11.3.